The number of nitrogens with two attached hydrogens (primary N) is 1. The van der Waals surface area contributed by atoms with E-state index < -0.39 is 11.8 Å². The van der Waals surface area contributed by atoms with Crippen LogP contribution >= 0.6 is 23.5 Å². The number of carboxylic acid groups (broad SMARTS) is 1. The first kappa shape index (κ1) is 14.3. The molecule has 0 aliphatic carbocycles. The van der Waals surface area contributed by atoms with E-state index in [9.17, 15) is 9.59 Å². The Morgan fingerprint density at radius 2 is 2.06 bits per heavy atom. The van der Waals surface area contributed by atoms with Crippen molar-refractivity contribution in [3.8, 4) is 6.07 Å². The predicted molar refractivity (Wildman–Crippen MR) is 66.3 cm³/mol. The molecular formula is C9H8N4O3S2. The maximum Gasteiger partial charge on any atom is 0.373 e. The maximum absolute atomic E-state index is 11.0. The van der Waals surface area contributed by atoms with Gasteiger partial charge in [0.1, 0.15) is 21.7 Å². The fourth-order valence-electron chi connectivity index (χ4n) is 0.980. The highest BCUT2D eigenvalue weighted by Crippen LogP contribution is 2.27. The number of hydrogen-bond acceptors (Lipinski definition) is 8. The van der Waals surface area contributed by atoms with Crippen LogP contribution in [0.4, 0.5) is 5.95 Å². The van der Waals surface area contributed by atoms with Crippen molar-refractivity contribution in [2.24, 2.45) is 0 Å². The van der Waals surface area contributed by atoms with Crippen LogP contribution in [0.15, 0.2) is 10.1 Å². The number of carbonyl (C=O) groups is 2. The number of hydrogen-bond donors (Lipinski definition) is 2. The lowest BCUT2D eigenvalue weighted by Crippen LogP contribution is -2.15. The summed E-state index contributed by atoms with van der Waals surface area (Å²) in [6.45, 7) is 0. The Kier molecular flexibility index (Phi) is 4.94. The minimum Gasteiger partial charge on any atom is -0.475 e. The van der Waals surface area contributed by atoms with Crippen LogP contribution in [0, 0.1) is 11.3 Å². The lowest BCUT2D eigenvalue weighted by Gasteiger charge is -2.05. The van der Waals surface area contributed by atoms with E-state index in [1.54, 1.807) is 6.26 Å². The summed E-state index contributed by atoms with van der Waals surface area (Å²) in [4.78, 5) is 29.1. The average Bonchev–Trinajstić information content (AvgIpc) is 2.34. The van der Waals surface area contributed by atoms with Gasteiger partial charge in [-0.3, -0.25) is 4.79 Å². The first-order valence-electron chi connectivity index (χ1n) is 4.50. The monoisotopic (exact) mass is 284 g/mol. The molecule has 0 unspecified atom stereocenters. The van der Waals surface area contributed by atoms with Crippen LogP contribution in [-0.4, -0.2) is 38.8 Å². The number of rotatable bonds is 5. The van der Waals surface area contributed by atoms with Crippen LogP contribution in [0.25, 0.3) is 0 Å². The molecular weight excluding hydrogens is 276 g/mol. The van der Waals surface area contributed by atoms with Crippen LogP contribution in [0.2, 0.25) is 0 Å². The first-order chi connectivity index (χ1) is 8.49. The molecule has 18 heavy (non-hydrogen) atoms. The molecule has 1 rings (SSSR count). The van der Waals surface area contributed by atoms with E-state index >= 15 is 0 Å². The van der Waals surface area contributed by atoms with Crippen LogP contribution in [0.1, 0.15) is 5.56 Å². The number of anilines is 1. The molecule has 0 saturated heterocycles. The SMILES string of the molecule is CSc1nc(N)nc(SCC(=O)C(=O)O)c1C#N. The molecule has 0 fully saturated rings. The number of Topliss-reactive ketones (excluding diaryl/α,β-unsaturated/α-hetero) is 1. The van der Waals surface area contributed by atoms with Crippen molar-refractivity contribution in [2.75, 3.05) is 17.7 Å². The zero-order chi connectivity index (χ0) is 13.7. The zero-order valence-corrected chi connectivity index (χ0v) is 10.8. The van der Waals surface area contributed by atoms with E-state index in [0.717, 1.165) is 11.8 Å². The van der Waals surface area contributed by atoms with Crippen LogP contribution in [-0.2, 0) is 9.59 Å². The van der Waals surface area contributed by atoms with E-state index in [1.807, 2.05) is 6.07 Å². The second-order valence-corrected chi connectivity index (χ2v) is 4.66. The standard InChI is InChI=1S/C9H8N4O3S2/c1-17-6-4(2-10)7(13-9(11)12-6)18-3-5(14)8(15)16/h3H2,1H3,(H,15,16)(H2,11,12,13). The van der Waals surface area contributed by atoms with Crippen LogP contribution in [0.3, 0.4) is 0 Å². The van der Waals surface area contributed by atoms with Crippen LogP contribution in [0.5, 0.6) is 0 Å². The number of nitrogens with zero attached hydrogens (tertiary/aromatic N) is 3. The third kappa shape index (κ3) is 3.35. The summed E-state index contributed by atoms with van der Waals surface area (Å²) < 4.78 is 0. The van der Waals surface area contributed by atoms with Gasteiger partial charge in [-0.1, -0.05) is 11.8 Å². The summed E-state index contributed by atoms with van der Waals surface area (Å²) in [5.74, 6) is -2.82. The van der Waals surface area contributed by atoms with Gasteiger partial charge in [-0.05, 0) is 6.26 Å². The lowest BCUT2D eigenvalue weighted by atomic mass is 10.4. The van der Waals surface area contributed by atoms with Gasteiger partial charge in [0, 0.05) is 0 Å². The van der Waals surface area contributed by atoms with Gasteiger partial charge in [-0.25, -0.2) is 14.8 Å². The number of nitrogen functional groups attached to an aromatic ring is 1. The molecule has 1 heterocycles. The number of aliphatic carboxylic acids is 1. The number of carboxylic acids is 1. The molecule has 0 aliphatic rings. The second-order valence-electron chi connectivity index (χ2n) is 2.90. The molecule has 0 bridgehead atoms. The molecule has 94 valence electrons. The van der Waals surface area contributed by atoms with Gasteiger partial charge in [0.25, 0.3) is 0 Å². The molecule has 1 aromatic heterocycles. The van der Waals surface area contributed by atoms with E-state index in [2.05, 4.69) is 9.97 Å². The molecule has 0 saturated carbocycles. The number of ketones is 1. The molecule has 0 atom stereocenters. The van der Waals surface area contributed by atoms with E-state index in [0.29, 0.717) is 5.03 Å². The Bertz CT molecular complexity index is 541. The minimum atomic E-state index is -1.52. The summed E-state index contributed by atoms with van der Waals surface area (Å²) >= 11 is 2.08. The van der Waals surface area contributed by atoms with Crippen LogP contribution < -0.4 is 5.73 Å². The topological polar surface area (TPSA) is 130 Å². The largest absolute Gasteiger partial charge is 0.475 e. The normalized spacial score (nSPS) is 9.78. The smallest absolute Gasteiger partial charge is 0.373 e. The molecule has 0 radical (unpaired) electrons. The van der Waals surface area contributed by atoms with Crippen molar-refractivity contribution in [2.45, 2.75) is 10.1 Å². The summed E-state index contributed by atoms with van der Waals surface area (Å²) in [7, 11) is 0. The maximum atomic E-state index is 11.0. The van der Waals surface area contributed by atoms with Gasteiger partial charge in [0.05, 0.1) is 5.75 Å². The van der Waals surface area contributed by atoms with Gasteiger partial charge in [-0.15, -0.1) is 11.8 Å². The number of aromatic nitrogens is 2. The number of nitriles is 1. The average molecular weight is 284 g/mol. The van der Waals surface area contributed by atoms with Crippen molar-refractivity contribution in [3.05, 3.63) is 5.56 Å². The summed E-state index contributed by atoms with van der Waals surface area (Å²) in [6, 6.07) is 1.91. The molecule has 7 nitrogen and oxygen atoms in total. The van der Waals surface area contributed by atoms with Gasteiger partial charge in [0.2, 0.25) is 11.7 Å². The Morgan fingerprint density at radius 1 is 1.44 bits per heavy atom. The number of thioether (sulfide) groups is 2. The number of carbonyl (C=O) groups excluding carboxylic acids is 1. The van der Waals surface area contributed by atoms with Crippen molar-refractivity contribution >= 4 is 41.2 Å². The second kappa shape index (κ2) is 6.23. The van der Waals surface area contributed by atoms with E-state index in [1.165, 1.54) is 11.8 Å². The van der Waals surface area contributed by atoms with E-state index in [-0.39, 0.29) is 22.3 Å². The van der Waals surface area contributed by atoms with Gasteiger partial charge in [-0.2, -0.15) is 5.26 Å². The Balaban J connectivity index is 3.02. The molecule has 3 N–H and O–H groups in total. The van der Waals surface area contributed by atoms with Gasteiger partial charge in [0.15, 0.2) is 0 Å². The summed E-state index contributed by atoms with van der Waals surface area (Å²) in [5, 5.41) is 18.1. The minimum absolute atomic E-state index is 0.0244. The molecule has 0 aromatic carbocycles. The predicted octanol–water partition coefficient (Wildman–Crippen LogP) is 0.398. The van der Waals surface area contributed by atoms with Crippen molar-refractivity contribution in [1.29, 1.82) is 5.26 Å². The Hall–Kier alpha value is -1.79. The highest BCUT2D eigenvalue weighted by Gasteiger charge is 2.17. The zero-order valence-electron chi connectivity index (χ0n) is 9.21. The van der Waals surface area contributed by atoms with Crippen molar-refractivity contribution in [3.63, 3.8) is 0 Å². The molecule has 0 amide bonds. The van der Waals surface area contributed by atoms with Gasteiger partial charge < -0.3 is 10.8 Å². The molecule has 0 spiro atoms. The highest BCUT2D eigenvalue weighted by atomic mass is 32.2. The fourth-order valence-corrected chi connectivity index (χ4v) is 2.41. The molecule has 9 heteroatoms. The van der Waals surface area contributed by atoms with E-state index in [4.69, 9.17) is 16.1 Å². The van der Waals surface area contributed by atoms with Crippen molar-refractivity contribution in [1.82, 2.24) is 9.97 Å². The molecule has 1 aromatic rings. The quantitative estimate of drug-likeness (QED) is 0.448. The highest BCUT2D eigenvalue weighted by molar-refractivity contribution is 8.00. The first-order valence-corrected chi connectivity index (χ1v) is 6.71. The Labute approximate surface area is 111 Å². The summed E-state index contributed by atoms with van der Waals surface area (Å²) in [6.07, 6.45) is 1.72. The fraction of sp³-hybridized carbons (Fsp3) is 0.222. The Morgan fingerprint density at radius 3 is 2.56 bits per heavy atom. The molecule has 0 aliphatic heterocycles. The van der Waals surface area contributed by atoms with Gasteiger partial charge >= 0.3 is 5.97 Å². The summed E-state index contributed by atoms with van der Waals surface area (Å²) in [5.41, 5.74) is 5.66. The third-order valence-electron chi connectivity index (χ3n) is 1.74. The third-order valence-corrected chi connectivity index (χ3v) is 3.40. The lowest BCUT2D eigenvalue weighted by molar-refractivity contribution is -0.147. The van der Waals surface area contributed by atoms with Crippen molar-refractivity contribution < 1.29 is 14.7 Å².